The lowest BCUT2D eigenvalue weighted by Gasteiger charge is -2.32. The number of benzene rings is 1. The average molecular weight is 403 g/mol. The fourth-order valence-electron chi connectivity index (χ4n) is 3.16. The molecule has 3 rings (SSSR count). The van der Waals surface area contributed by atoms with Gasteiger partial charge in [0.1, 0.15) is 5.01 Å². The first-order valence-corrected chi connectivity index (χ1v) is 10.6. The van der Waals surface area contributed by atoms with Crippen molar-refractivity contribution in [1.29, 1.82) is 0 Å². The molecule has 2 N–H and O–H groups in total. The summed E-state index contributed by atoms with van der Waals surface area (Å²) in [6, 6.07) is 8.57. The Balaban J connectivity index is 1.56. The van der Waals surface area contributed by atoms with Gasteiger partial charge in [-0.05, 0) is 26.5 Å². The molecule has 0 spiro atoms. The summed E-state index contributed by atoms with van der Waals surface area (Å²) in [6.45, 7) is 8.96. The molecule has 2 aromatic rings. The Morgan fingerprint density at radius 3 is 2.54 bits per heavy atom. The maximum Gasteiger partial charge on any atom is 0.226 e. The van der Waals surface area contributed by atoms with E-state index < -0.39 is 5.54 Å². The van der Waals surface area contributed by atoms with Crippen molar-refractivity contribution >= 4 is 17.2 Å². The van der Waals surface area contributed by atoms with Crippen LogP contribution in [0.15, 0.2) is 29.6 Å². The molecule has 0 saturated carbocycles. The largest absolute Gasteiger partial charge is 0.394 e. The SMILES string of the molecule is CN1CCN(Cc2ccc(-c3nc(CC(=O)NC(C)(C)CO)cs3)cc2)CC1. The molecule has 0 unspecified atom stereocenters. The highest BCUT2D eigenvalue weighted by Gasteiger charge is 2.20. The van der Waals surface area contributed by atoms with Gasteiger partial charge in [0, 0.05) is 43.7 Å². The van der Waals surface area contributed by atoms with Gasteiger partial charge in [0.25, 0.3) is 0 Å². The van der Waals surface area contributed by atoms with Crippen molar-refractivity contribution in [2.75, 3.05) is 39.8 Å². The van der Waals surface area contributed by atoms with Gasteiger partial charge in [0.15, 0.2) is 0 Å². The van der Waals surface area contributed by atoms with Crippen molar-refractivity contribution in [3.05, 3.63) is 40.9 Å². The fourth-order valence-corrected chi connectivity index (χ4v) is 3.99. The van der Waals surface area contributed by atoms with Crippen molar-refractivity contribution in [1.82, 2.24) is 20.1 Å². The second kappa shape index (κ2) is 9.13. The van der Waals surface area contributed by atoms with E-state index >= 15 is 0 Å². The number of piperazine rings is 1. The van der Waals surface area contributed by atoms with Crippen LogP contribution in [-0.4, -0.2) is 71.2 Å². The number of hydrogen-bond acceptors (Lipinski definition) is 6. The Kier molecular flexibility index (Phi) is 6.82. The lowest BCUT2D eigenvalue weighted by atomic mass is 10.1. The Hall–Kier alpha value is -1.80. The smallest absolute Gasteiger partial charge is 0.226 e. The topological polar surface area (TPSA) is 68.7 Å². The summed E-state index contributed by atoms with van der Waals surface area (Å²) in [7, 11) is 2.17. The van der Waals surface area contributed by atoms with Crippen LogP contribution in [0, 0.1) is 0 Å². The third kappa shape index (κ3) is 5.85. The standard InChI is InChI=1S/C21H30N4O2S/c1-21(2,15-26)23-19(27)12-18-14-28-20(22-18)17-6-4-16(5-7-17)13-25-10-8-24(3)9-11-25/h4-7,14,26H,8-13,15H2,1-3H3,(H,23,27). The summed E-state index contributed by atoms with van der Waals surface area (Å²) < 4.78 is 0. The molecule has 6 nitrogen and oxygen atoms in total. The third-order valence-electron chi connectivity index (χ3n) is 4.97. The molecule has 1 aromatic heterocycles. The molecule has 0 radical (unpaired) electrons. The van der Waals surface area contributed by atoms with E-state index in [1.807, 2.05) is 5.38 Å². The van der Waals surface area contributed by atoms with Crippen LogP contribution in [0.1, 0.15) is 25.1 Å². The van der Waals surface area contributed by atoms with Crippen molar-refractivity contribution in [2.24, 2.45) is 0 Å². The number of rotatable bonds is 7. The average Bonchev–Trinajstić information content (AvgIpc) is 3.12. The van der Waals surface area contributed by atoms with Crippen LogP contribution in [-0.2, 0) is 17.8 Å². The van der Waals surface area contributed by atoms with Gasteiger partial charge in [0.05, 0.1) is 24.3 Å². The Morgan fingerprint density at radius 2 is 1.89 bits per heavy atom. The maximum absolute atomic E-state index is 12.1. The van der Waals surface area contributed by atoms with Gasteiger partial charge in [-0.1, -0.05) is 24.3 Å². The monoisotopic (exact) mass is 402 g/mol. The minimum absolute atomic E-state index is 0.0957. The molecule has 28 heavy (non-hydrogen) atoms. The number of carbonyl (C=O) groups is 1. The van der Waals surface area contributed by atoms with E-state index in [-0.39, 0.29) is 18.9 Å². The molecule has 0 bridgehead atoms. The van der Waals surface area contributed by atoms with Crippen LogP contribution in [0.2, 0.25) is 0 Å². The van der Waals surface area contributed by atoms with Crippen molar-refractivity contribution in [3.8, 4) is 10.6 Å². The van der Waals surface area contributed by atoms with Crippen LogP contribution in [0.25, 0.3) is 10.6 Å². The van der Waals surface area contributed by atoms with Crippen LogP contribution in [0.5, 0.6) is 0 Å². The first kappa shape index (κ1) is 20.9. The molecular weight excluding hydrogens is 372 g/mol. The predicted molar refractivity (Wildman–Crippen MR) is 113 cm³/mol. The number of aromatic nitrogens is 1. The molecule has 1 saturated heterocycles. The number of amides is 1. The minimum atomic E-state index is -0.616. The summed E-state index contributed by atoms with van der Waals surface area (Å²) in [5, 5.41) is 14.9. The molecule has 1 aliphatic heterocycles. The molecule has 1 fully saturated rings. The fraction of sp³-hybridized carbons (Fsp3) is 0.524. The Labute approximate surface area is 171 Å². The van der Waals surface area contributed by atoms with E-state index in [0.29, 0.717) is 0 Å². The van der Waals surface area contributed by atoms with Crippen LogP contribution in [0.4, 0.5) is 0 Å². The summed E-state index contributed by atoms with van der Waals surface area (Å²) >= 11 is 1.55. The highest BCUT2D eigenvalue weighted by Crippen LogP contribution is 2.24. The summed E-state index contributed by atoms with van der Waals surface area (Å²) in [6.07, 6.45) is 0.224. The Morgan fingerprint density at radius 1 is 1.21 bits per heavy atom. The zero-order chi connectivity index (χ0) is 20.1. The summed E-state index contributed by atoms with van der Waals surface area (Å²) in [5.74, 6) is -0.126. The lowest BCUT2D eigenvalue weighted by Crippen LogP contribution is -2.46. The number of nitrogens with zero attached hydrogens (tertiary/aromatic N) is 3. The van der Waals surface area contributed by atoms with Gasteiger partial charge in [-0.3, -0.25) is 9.69 Å². The second-order valence-corrected chi connectivity index (χ2v) is 9.05. The molecule has 7 heteroatoms. The number of hydrogen-bond donors (Lipinski definition) is 2. The third-order valence-corrected chi connectivity index (χ3v) is 5.91. The number of thiazole rings is 1. The maximum atomic E-state index is 12.1. The van der Waals surface area contributed by atoms with Crippen molar-refractivity contribution < 1.29 is 9.90 Å². The van der Waals surface area contributed by atoms with Gasteiger partial charge in [0.2, 0.25) is 5.91 Å². The van der Waals surface area contributed by atoms with Crippen LogP contribution in [0.3, 0.4) is 0 Å². The first-order valence-electron chi connectivity index (χ1n) is 9.71. The molecule has 1 aliphatic rings. The van der Waals surface area contributed by atoms with Crippen molar-refractivity contribution in [2.45, 2.75) is 32.4 Å². The highest BCUT2D eigenvalue weighted by atomic mass is 32.1. The van der Waals surface area contributed by atoms with Gasteiger partial charge < -0.3 is 15.3 Å². The van der Waals surface area contributed by atoms with E-state index in [4.69, 9.17) is 0 Å². The summed E-state index contributed by atoms with van der Waals surface area (Å²) in [5.41, 5.74) is 2.54. The Bertz CT molecular complexity index is 780. The predicted octanol–water partition coefficient (Wildman–Crippen LogP) is 1.99. The van der Waals surface area contributed by atoms with E-state index in [9.17, 15) is 9.90 Å². The first-order chi connectivity index (χ1) is 13.3. The molecular formula is C21H30N4O2S. The lowest BCUT2D eigenvalue weighted by molar-refractivity contribution is -0.122. The number of likely N-dealkylation sites (N-methyl/N-ethyl adjacent to an activating group) is 1. The molecule has 1 amide bonds. The van der Waals surface area contributed by atoms with Gasteiger partial charge in [-0.25, -0.2) is 4.98 Å². The second-order valence-electron chi connectivity index (χ2n) is 8.19. The normalized spacial score (nSPS) is 16.3. The van der Waals surface area contributed by atoms with E-state index in [0.717, 1.165) is 49.0 Å². The highest BCUT2D eigenvalue weighted by molar-refractivity contribution is 7.13. The molecule has 2 heterocycles. The van der Waals surface area contributed by atoms with Gasteiger partial charge >= 0.3 is 0 Å². The van der Waals surface area contributed by atoms with E-state index in [1.54, 1.807) is 25.2 Å². The van der Waals surface area contributed by atoms with Gasteiger partial charge in [-0.15, -0.1) is 11.3 Å². The minimum Gasteiger partial charge on any atom is -0.394 e. The van der Waals surface area contributed by atoms with Gasteiger partial charge in [-0.2, -0.15) is 0 Å². The number of carbonyl (C=O) groups excluding carboxylic acids is 1. The number of nitrogens with one attached hydrogen (secondary N) is 1. The van der Waals surface area contributed by atoms with E-state index in [2.05, 4.69) is 51.4 Å². The van der Waals surface area contributed by atoms with E-state index in [1.165, 1.54) is 5.56 Å². The molecule has 1 aromatic carbocycles. The van der Waals surface area contributed by atoms with Crippen LogP contribution < -0.4 is 5.32 Å². The number of aliphatic hydroxyl groups excluding tert-OH is 1. The molecule has 0 atom stereocenters. The number of aliphatic hydroxyl groups is 1. The molecule has 152 valence electrons. The van der Waals surface area contributed by atoms with Crippen LogP contribution >= 0.6 is 11.3 Å². The zero-order valence-corrected chi connectivity index (χ0v) is 17.8. The van der Waals surface area contributed by atoms with Crippen molar-refractivity contribution in [3.63, 3.8) is 0 Å². The quantitative estimate of drug-likeness (QED) is 0.741. The summed E-state index contributed by atoms with van der Waals surface area (Å²) in [4.78, 5) is 21.6. The zero-order valence-electron chi connectivity index (χ0n) is 16.9. The molecule has 0 aliphatic carbocycles.